The van der Waals surface area contributed by atoms with Crippen molar-refractivity contribution in [2.75, 3.05) is 0 Å². The van der Waals surface area contributed by atoms with Gasteiger partial charge in [0.2, 0.25) is 0 Å². The van der Waals surface area contributed by atoms with Gasteiger partial charge in [0, 0.05) is 22.0 Å². The van der Waals surface area contributed by atoms with E-state index >= 15 is 0 Å². The molecule has 0 aliphatic carbocycles. The first kappa shape index (κ1) is 15.9. The average molecular weight is 358 g/mol. The van der Waals surface area contributed by atoms with Crippen LogP contribution in [0.25, 0.3) is 22.9 Å². The summed E-state index contributed by atoms with van der Waals surface area (Å²) >= 11 is 7.17. The molecule has 2 aromatic heterocycles. The molecule has 3 aromatic rings. The van der Waals surface area contributed by atoms with Crippen molar-refractivity contribution >= 4 is 40.5 Å². The molecule has 0 saturated heterocycles. The van der Waals surface area contributed by atoms with Gasteiger partial charge in [-0.3, -0.25) is 10.1 Å². The topological polar surface area (TPSA) is 93.0 Å². The van der Waals surface area contributed by atoms with Gasteiger partial charge in [0.05, 0.1) is 17.3 Å². The summed E-state index contributed by atoms with van der Waals surface area (Å²) in [5.74, 6) is -0.152. The molecule has 2 heterocycles. The van der Waals surface area contributed by atoms with Crippen molar-refractivity contribution in [2.45, 2.75) is 0 Å². The zero-order valence-electron chi connectivity index (χ0n) is 12.0. The molecule has 0 radical (unpaired) electrons. The molecular formula is C16H8ClN3O3S. The summed E-state index contributed by atoms with van der Waals surface area (Å²) in [4.78, 5) is 14.4. The average Bonchev–Trinajstić information content (AvgIpc) is 3.23. The largest absolute Gasteiger partial charge is 0.433 e. The number of nitrogens with zero attached hydrogens (tertiary/aromatic N) is 3. The van der Waals surface area contributed by atoms with E-state index < -0.39 is 4.92 Å². The number of aromatic nitrogens is 1. The minimum absolute atomic E-state index is 0.224. The lowest BCUT2D eigenvalue weighted by Gasteiger charge is -1.96. The molecule has 0 spiro atoms. The van der Waals surface area contributed by atoms with E-state index in [1.54, 1.807) is 12.1 Å². The van der Waals surface area contributed by atoms with Crippen molar-refractivity contribution in [3.8, 4) is 17.3 Å². The first-order chi connectivity index (χ1) is 11.6. The van der Waals surface area contributed by atoms with Crippen LogP contribution in [0.15, 0.2) is 46.2 Å². The standard InChI is InChI=1S/C16H8ClN3O3S/c17-12-3-1-10(2-4-12)14-9-24-16(19-14)11(8-18)7-13-5-6-15(23-13)20(21)22/h1-7,9H. The van der Waals surface area contributed by atoms with Crippen LogP contribution in [-0.4, -0.2) is 9.91 Å². The molecule has 0 amide bonds. The van der Waals surface area contributed by atoms with E-state index in [0.717, 1.165) is 11.3 Å². The Morgan fingerprint density at radius 1 is 1.33 bits per heavy atom. The normalized spacial score (nSPS) is 11.2. The maximum absolute atomic E-state index is 10.6. The number of allylic oxidation sites excluding steroid dienone is 1. The zero-order chi connectivity index (χ0) is 17.1. The molecule has 118 valence electrons. The van der Waals surface area contributed by atoms with E-state index in [9.17, 15) is 15.4 Å². The molecule has 0 aliphatic heterocycles. The molecule has 8 heteroatoms. The van der Waals surface area contributed by atoms with Gasteiger partial charge in [-0.05, 0) is 18.2 Å². The maximum Gasteiger partial charge on any atom is 0.433 e. The van der Waals surface area contributed by atoms with Crippen molar-refractivity contribution in [1.82, 2.24) is 4.98 Å². The van der Waals surface area contributed by atoms with Crippen LogP contribution < -0.4 is 0 Å². The van der Waals surface area contributed by atoms with Gasteiger partial charge in [0.25, 0.3) is 0 Å². The van der Waals surface area contributed by atoms with Gasteiger partial charge in [0.1, 0.15) is 21.8 Å². The Bertz CT molecular complexity index is 967. The summed E-state index contributed by atoms with van der Waals surface area (Å²) in [6, 6.07) is 11.9. The Labute approximate surface area is 145 Å². The monoisotopic (exact) mass is 357 g/mol. The molecule has 0 unspecified atom stereocenters. The first-order valence-electron chi connectivity index (χ1n) is 6.64. The third-order valence-corrected chi connectivity index (χ3v) is 4.20. The number of hydrogen-bond donors (Lipinski definition) is 0. The molecule has 3 rings (SSSR count). The summed E-state index contributed by atoms with van der Waals surface area (Å²) in [5, 5.41) is 22.9. The molecule has 0 fully saturated rings. The molecule has 0 atom stereocenters. The second-order valence-electron chi connectivity index (χ2n) is 4.65. The predicted molar refractivity (Wildman–Crippen MR) is 91.4 cm³/mol. The van der Waals surface area contributed by atoms with Gasteiger partial charge in [-0.25, -0.2) is 4.98 Å². The number of nitro groups is 1. The van der Waals surface area contributed by atoms with Crippen LogP contribution >= 0.6 is 22.9 Å². The van der Waals surface area contributed by atoms with Gasteiger partial charge in [-0.15, -0.1) is 11.3 Å². The van der Waals surface area contributed by atoms with E-state index in [2.05, 4.69) is 4.98 Å². The SMILES string of the molecule is N#CC(=Cc1ccc([N+](=O)[O-])o1)c1nc(-c2ccc(Cl)cc2)cs1. The minimum atomic E-state index is -0.634. The van der Waals surface area contributed by atoms with Crippen molar-refractivity contribution in [3.05, 3.63) is 67.7 Å². The van der Waals surface area contributed by atoms with E-state index in [1.807, 2.05) is 23.6 Å². The fourth-order valence-corrected chi connectivity index (χ4v) is 2.87. The molecule has 0 saturated carbocycles. The number of nitriles is 1. The molecule has 0 N–H and O–H groups in total. The van der Waals surface area contributed by atoms with Crippen LogP contribution in [0.1, 0.15) is 10.8 Å². The number of rotatable bonds is 4. The van der Waals surface area contributed by atoms with Crippen LogP contribution in [-0.2, 0) is 0 Å². The number of thiazole rings is 1. The third-order valence-electron chi connectivity index (χ3n) is 3.07. The minimum Gasteiger partial charge on any atom is -0.401 e. The predicted octanol–water partition coefficient (Wildman–Crippen LogP) is 5.03. The van der Waals surface area contributed by atoms with E-state index in [1.165, 1.54) is 29.5 Å². The molecule has 6 nitrogen and oxygen atoms in total. The number of furan rings is 1. The Morgan fingerprint density at radius 2 is 2.08 bits per heavy atom. The highest BCUT2D eigenvalue weighted by molar-refractivity contribution is 7.11. The quantitative estimate of drug-likeness (QED) is 0.371. The molecule has 0 bridgehead atoms. The maximum atomic E-state index is 10.6. The lowest BCUT2D eigenvalue weighted by atomic mass is 10.2. The summed E-state index contributed by atoms with van der Waals surface area (Å²) in [6.07, 6.45) is 1.43. The van der Waals surface area contributed by atoms with Crippen molar-refractivity contribution in [2.24, 2.45) is 0 Å². The summed E-state index contributed by atoms with van der Waals surface area (Å²) in [6.45, 7) is 0. The number of hydrogen-bond acceptors (Lipinski definition) is 6. The van der Waals surface area contributed by atoms with E-state index in [0.29, 0.717) is 10.0 Å². The highest BCUT2D eigenvalue weighted by Crippen LogP contribution is 2.28. The number of halogens is 1. The van der Waals surface area contributed by atoms with E-state index in [4.69, 9.17) is 16.0 Å². The summed E-state index contributed by atoms with van der Waals surface area (Å²) in [5.41, 5.74) is 1.87. The lowest BCUT2D eigenvalue weighted by Crippen LogP contribution is -1.83. The van der Waals surface area contributed by atoms with Gasteiger partial charge in [-0.1, -0.05) is 23.7 Å². The van der Waals surface area contributed by atoms with Crippen LogP contribution in [0.5, 0.6) is 0 Å². The van der Waals surface area contributed by atoms with Crippen molar-refractivity contribution in [3.63, 3.8) is 0 Å². The highest BCUT2D eigenvalue weighted by atomic mass is 35.5. The second kappa shape index (κ2) is 6.66. The van der Waals surface area contributed by atoms with Crippen LogP contribution in [0.2, 0.25) is 5.02 Å². The Kier molecular flexibility index (Phi) is 4.42. The summed E-state index contributed by atoms with van der Waals surface area (Å²) < 4.78 is 5.04. The molecule has 24 heavy (non-hydrogen) atoms. The smallest absolute Gasteiger partial charge is 0.401 e. The van der Waals surface area contributed by atoms with Gasteiger partial charge in [0.15, 0.2) is 0 Å². The second-order valence-corrected chi connectivity index (χ2v) is 5.94. The Hall–Kier alpha value is -2.95. The lowest BCUT2D eigenvalue weighted by molar-refractivity contribution is -0.402. The van der Waals surface area contributed by atoms with Crippen molar-refractivity contribution in [1.29, 1.82) is 5.26 Å². The fraction of sp³-hybridized carbons (Fsp3) is 0. The Balaban J connectivity index is 1.91. The van der Waals surface area contributed by atoms with Crippen LogP contribution in [0.3, 0.4) is 0 Å². The first-order valence-corrected chi connectivity index (χ1v) is 7.90. The van der Waals surface area contributed by atoms with Crippen LogP contribution in [0, 0.1) is 21.4 Å². The van der Waals surface area contributed by atoms with E-state index in [-0.39, 0.29) is 17.2 Å². The van der Waals surface area contributed by atoms with Gasteiger partial charge < -0.3 is 4.42 Å². The zero-order valence-corrected chi connectivity index (χ0v) is 13.5. The third kappa shape index (κ3) is 3.35. The van der Waals surface area contributed by atoms with Crippen LogP contribution in [0.4, 0.5) is 5.88 Å². The van der Waals surface area contributed by atoms with Gasteiger partial charge in [-0.2, -0.15) is 5.26 Å². The Morgan fingerprint density at radius 3 is 2.71 bits per heavy atom. The highest BCUT2D eigenvalue weighted by Gasteiger charge is 2.13. The summed E-state index contributed by atoms with van der Waals surface area (Å²) in [7, 11) is 0. The number of benzene rings is 1. The van der Waals surface area contributed by atoms with Crippen molar-refractivity contribution < 1.29 is 9.34 Å². The van der Waals surface area contributed by atoms with Gasteiger partial charge >= 0.3 is 5.88 Å². The molecule has 0 aliphatic rings. The molecular weight excluding hydrogens is 350 g/mol. The fourth-order valence-electron chi connectivity index (χ4n) is 1.95. The molecule has 1 aromatic carbocycles.